The molecule has 0 radical (unpaired) electrons. The Morgan fingerprint density at radius 1 is 1.09 bits per heavy atom. The second-order valence-electron chi connectivity index (χ2n) is 5.76. The van der Waals surface area contributed by atoms with Crippen molar-refractivity contribution in [1.82, 2.24) is 4.98 Å². The minimum Gasteiger partial charge on any atom is -0.300 e. The molecule has 0 saturated heterocycles. The fourth-order valence-electron chi connectivity index (χ4n) is 2.13. The van der Waals surface area contributed by atoms with Crippen molar-refractivity contribution in [3.8, 4) is 0 Å². The Hall–Kier alpha value is -1.26. The molecule has 0 N–H and O–H groups in total. The Bertz CT molecular complexity index is 597. The van der Waals surface area contributed by atoms with Crippen LogP contribution in [0.15, 0.2) is 53.7 Å². The van der Waals surface area contributed by atoms with Crippen LogP contribution >= 0.6 is 21.6 Å². The number of carbonyl (C=O) groups is 1. The van der Waals surface area contributed by atoms with Crippen molar-refractivity contribution >= 4 is 27.4 Å². The SMILES string of the molecule is CC(C)c1ccc(CCC(=O)CCSSc2ccccn2)cc1. The maximum atomic E-state index is 12.0. The van der Waals surface area contributed by atoms with Crippen LogP contribution in [-0.2, 0) is 11.2 Å². The van der Waals surface area contributed by atoms with Crippen molar-refractivity contribution in [2.45, 2.75) is 44.1 Å². The second kappa shape index (κ2) is 9.78. The van der Waals surface area contributed by atoms with Crippen molar-refractivity contribution in [3.05, 3.63) is 59.8 Å². The van der Waals surface area contributed by atoms with Crippen molar-refractivity contribution in [2.75, 3.05) is 5.75 Å². The van der Waals surface area contributed by atoms with Gasteiger partial charge in [0.15, 0.2) is 0 Å². The van der Waals surface area contributed by atoms with E-state index >= 15 is 0 Å². The number of ketones is 1. The average molecular weight is 346 g/mol. The number of hydrogen-bond donors (Lipinski definition) is 0. The Labute approximate surface area is 146 Å². The Morgan fingerprint density at radius 3 is 2.52 bits per heavy atom. The minimum atomic E-state index is 0.340. The van der Waals surface area contributed by atoms with Gasteiger partial charge in [0.1, 0.15) is 10.8 Å². The zero-order valence-electron chi connectivity index (χ0n) is 13.7. The molecule has 1 heterocycles. The number of hydrogen-bond acceptors (Lipinski definition) is 4. The normalized spacial score (nSPS) is 10.9. The predicted molar refractivity (Wildman–Crippen MR) is 101 cm³/mol. The van der Waals surface area contributed by atoms with Gasteiger partial charge < -0.3 is 0 Å². The number of nitrogens with zero attached hydrogens (tertiary/aromatic N) is 1. The van der Waals surface area contributed by atoms with Crippen molar-refractivity contribution in [2.24, 2.45) is 0 Å². The van der Waals surface area contributed by atoms with E-state index in [1.54, 1.807) is 27.8 Å². The topological polar surface area (TPSA) is 30.0 Å². The van der Waals surface area contributed by atoms with Gasteiger partial charge >= 0.3 is 0 Å². The van der Waals surface area contributed by atoms with Gasteiger partial charge in [-0.05, 0) is 46.4 Å². The van der Waals surface area contributed by atoms with Crippen LogP contribution in [0.5, 0.6) is 0 Å². The molecular weight excluding hydrogens is 322 g/mol. The van der Waals surface area contributed by atoms with Gasteiger partial charge in [0.25, 0.3) is 0 Å². The van der Waals surface area contributed by atoms with Crippen LogP contribution in [0.1, 0.15) is 43.7 Å². The molecule has 0 aliphatic carbocycles. The molecular formula is C19H23NOS2. The van der Waals surface area contributed by atoms with E-state index in [-0.39, 0.29) is 0 Å². The van der Waals surface area contributed by atoms with Crippen molar-refractivity contribution in [3.63, 3.8) is 0 Å². The Kier molecular flexibility index (Phi) is 7.69. The van der Waals surface area contributed by atoms with Crippen LogP contribution in [0, 0.1) is 0 Å². The first-order chi connectivity index (χ1) is 11.1. The first-order valence-electron chi connectivity index (χ1n) is 7.96. The van der Waals surface area contributed by atoms with Gasteiger partial charge in [-0.15, -0.1) is 0 Å². The average Bonchev–Trinajstić information content (AvgIpc) is 2.58. The van der Waals surface area contributed by atoms with E-state index in [4.69, 9.17) is 0 Å². The number of Topliss-reactive ketones (excluding diaryl/α,β-unsaturated/α-hetero) is 1. The molecule has 2 nitrogen and oxygen atoms in total. The molecule has 122 valence electrons. The van der Waals surface area contributed by atoms with E-state index in [1.807, 2.05) is 18.2 Å². The van der Waals surface area contributed by atoms with E-state index < -0.39 is 0 Å². The summed E-state index contributed by atoms with van der Waals surface area (Å²) >= 11 is 0. The molecule has 1 aromatic heterocycles. The van der Waals surface area contributed by atoms with E-state index in [0.717, 1.165) is 17.2 Å². The summed E-state index contributed by atoms with van der Waals surface area (Å²) in [7, 11) is 3.33. The molecule has 0 spiro atoms. The third-order valence-corrected chi connectivity index (χ3v) is 5.85. The molecule has 0 aliphatic rings. The number of pyridine rings is 1. The zero-order chi connectivity index (χ0) is 16.5. The summed E-state index contributed by atoms with van der Waals surface area (Å²) in [4.78, 5) is 16.2. The Morgan fingerprint density at radius 2 is 1.87 bits per heavy atom. The molecule has 0 unspecified atom stereocenters. The maximum absolute atomic E-state index is 12.0. The summed E-state index contributed by atoms with van der Waals surface area (Å²) < 4.78 is 0. The summed E-state index contributed by atoms with van der Waals surface area (Å²) in [5.41, 5.74) is 2.60. The highest BCUT2D eigenvalue weighted by Crippen LogP contribution is 2.29. The summed E-state index contributed by atoms with van der Waals surface area (Å²) in [6, 6.07) is 14.5. The lowest BCUT2D eigenvalue weighted by molar-refractivity contribution is -0.118. The van der Waals surface area contributed by atoms with Crippen LogP contribution < -0.4 is 0 Å². The predicted octanol–water partition coefficient (Wildman–Crippen LogP) is 5.54. The van der Waals surface area contributed by atoms with E-state index in [9.17, 15) is 4.79 Å². The summed E-state index contributed by atoms with van der Waals surface area (Å²) in [5.74, 6) is 1.73. The van der Waals surface area contributed by atoms with Gasteiger partial charge in [-0.1, -0.05) is 55.0 Å². The van der Waals surface area contributed by atoms with Gasteiger partial charge in [-0.2, -0.15) is 0 Å². The third-order valence-electron chi connectivity index (χ3n) is 3.59. The highest BCUT2D eigenvalue weighted by atomic mass is 33.1. The minimum absolute atomic E-state index is 0.340. The lowest BCUT2D eigenvalue weighted by atomic mass is 9.99. The number of benzene rings is 1. The van der Waals surface area contributed by atoms with Gasteiger partial charge in [0, 0.05) is 24.8 Å². The molecule has 4 heteroatoms. The van der Waals surface area contributed by atoms with E-state index in [0.29, 0.717) is 24.5 Å². The molecule has 0 aliphatic heterocycles. The maximum Gasteiger partial charge on any atom is 0.134 e. The van der Waals surface area contributed by atoms with Gasteiger partial charge in [-0.3, -0.25) is 4.79 Å². The van der Waals surface area contributed by atoms with Crippen molar-refractivity contribution in [1.29, 1.82) is 0 Å². The monoisotopic (exact) mass is 345 g/mol. The van der Waals surface area contributed by atoms with E-state index in [2.05, 4.69) is 43.1 Å². The Balaban J connectivity index is 1.63. The first-order valence-corrected chi connectivity index (χ1v) is 10.3. The first kappa shape index (κ1) is 18.1. The summed E-state index contributed by atoms with van der Waals surface area (Å²) in [5, 5.41) is 0.996. The highest BCUT2D eigenvalue weighted by molar-refractivity contribution is 8.76. The molecule has 23 heavy (non-hydrogen) atoms. The van der Waals surface area contributed by atoms with Crippen LogP contribution in [0.4, 0.5) is 0 Å². The number of aryl methyl sites for hydroxylation is 1. The lowest BCUT2D eigenvalue weighted by Crippen LogP contribution is -2.01. The highest BCUT2D eigenvalue weighted by Gasteiger charge is 2.05. The van der Waals surface area contributed by atoms with Gasteiger partial charge in [-0.25, -0.2) is 4.98 Å². The van der Waals surface area contributed by atoms with Gasteiger partial charge in [0.05, 0.1) is 0 Å². The number of aromatic nitrogens is 1. The molecule has 2 aromatic rings. The molecule has 0 amide bonds. The fourth-order valence-corrected chi connectivity index (χ4v) is 4.04. The third kappa shape index (κ3) is 6.80. The molecule has 0 atom stereocenters. The largest absolute Gasteiger partial charge is 0.300 e. The summed E-state index contributed by atoms with van der Waals surface area (Å²) in [6.45, 7) is 4.39. The molecule has 0 bridgehead atoms. The van der Waals surface area contributed by atoms with Crippen LogP contribution in [0.2, 0.25) is 0 Å². The fraction of sp³-hybridized carbons (Fsp3) is 0.368. The molecule has 0 saturated carbocycles. The molecule has 2 rings (SSSR count). The molecule has 1 aromatic carbocycles. The zero-order valence-corrected chi connectivity index (χ0v) is 15.3. The standard InChI is InChI=1S/C19H23NOS2/c1-15(2)17-9-6-16(7-10-17)8-11-18(21)12-14-22-23-19-5-3-4-13-20-19/h3-7,9-10,13,15H,8,11-12,14H2,1-2H3. The quantitative estimate of drug-likeness (QED) is 0.441. The van der Waals surface area contributed by atoms with Crippen LogP contribution in [-0.4, -0.2) is 16.5 Å². The van der Waals surface area contributed by atoms with E-state index in [1.165, 1.54) is 11.1 Å². The number of carbonyl (C=O) groups excluding carboxylic acids is 1. The van der Waals surface area contributed by atoms with Crippen LogP contribution in [0.3, 0.4) is 0 Å². The van der Waals surface area contributed by atoms with Crippen LogP contribution in [0.25, 0.3) is 0 Å². The smallest absolute Gasteiger partial charge is 0.134 e. The summed E-state index contributed by atoms with van der Waals surface area (Å²) in [6.07, 6.45) is 3.90. The van der Waals surface area contributed by atoms with Crippen molar-refractivity contribution < 1.29 is 4.79 Å². The second-order valence-corrected chi connectivity index (χ2v) is 8.19. The van der Waals surface area contributed by atoms with Gasteiger partial charge in [0.2, 0.25) is 0 Å². The lowest BCUT2D eigenvalue weighted by Gasteiger charge is -2.06. The molecule has 0 fully saturated rings. The number of rotatable bonds is 9.